The van der Waals surface area contributed by atoms with E-state index >= 15 is 0 Å². The lowest BCUT2D eigenvalue weighted by Gasteiger charge is -2.03. The van der Waals surface area contributed by atoms with Gasteiger partial charge in [-0.3, -0.25) is 0 Å². The van der Waals surface area contributed by atoms with Gasteiger partial charge < -0.3 is 0 Å². The molecule has 0 bridgehead atoms. The Bertz CT molecular complexity index is 436. The Morgan fingerprint density at radius 3 is 2.67 bits per heavy atom. The van der Waals surface area contributed by atoms with Crippen LogP contribution in [0.25, 0.3) is 5.69 Å². The lowest BCUT2D eigenvalue weighted by atomic mass is 10.3. The molecule has 78 valence electrons. The third kappa shape index (κ3) is 2.18. The van der Waals surface area contributed by atoms with Gasteiger partial charge >= 0.3 is 0 Å². The molecule has 0 aliphatic rings. The van der Waals surface area contributed by atoms with E-state index in [4.69, 9.17) is 11.6 Å². The Balaban J connectivity index is 2.43. The standard InChI is InChI=1S/C11H12ClN3/c1-2-6-10-13-11(12)14-15(10)9-7-4-3-5-8-9/h3-5,7-8H,2,6H2,1H3. The smallest absolute Gasteiger partial charge is 0.216 e. The van der Waals surface area contributed by atoms with Crippen LogP contribution >= 0.6 is 11.6 Å². The molecule has 0 aliphatic heterocycles. The van der Waals surface area contributed by atoms with Crippen molar-refractivity contribution in [3.63, 3.8) is 0 Å². The Hall–Kier alpha value is -1.35. The van der Waals surface area contributed by atoms with E-state index in [9.17, 15) is 0 Å². The molecule has 0 amide bonds. The highest BCUT2D eigenvalue weighted by atomic mass is 35.5. The minimum atomic E-state index is 0.308. The van der Waals surface area contributed by atoms with Crippen molar-refractivity contribution in [2.24, 2.45) is 0 Å². The Kier molecular flexibility index (Phi) is 3.02. The van der Waals surface area contributed by atoms with Crippen molar-refractivity contribution >= 4 is 11.6 Å². The highest BCUT2D eigenvalue weighted by Crippen LogP contribution is 2.13. The molecule has 0 saturated carbocycles. The van der Waals surface area contributed by atoms with E-state index in [1.165, 1.54) is 0 Å². The van der Waals surface area contributed by atoms with Gasteiger partial charge in [-0.15, -0.1) is 5.10 Å². The molecule has 3 nitrogen and oxygen atoms in total. The van der Waals surface area contributed by atoms with Gasteiger partial charge in [0.25, 0.3) is 0 Å². The van der Waals surface area contributed by atoms with Crippen LogP contribution in [0.2, 0.25) is 5.28 Å². The van der Waals surface area contributed by atoms with Gasteiger partial charge in [-0.2, -0.15) is 0 Å². The van der Waals surface area contributed by atoms with E-state index in [1.54, 1.807) is 4.68 Å². The average molecular weight is 222 g/mol. The maximum absolute atomic E-state index is 5.81. The maximum atomic E-state index is 5.81. The molecule has 2 aromatic rings. The summed E-state index contributed by atoms with van der Waals surface area (Å²) in [7, 11) is 0. The van der Waals surface area contributed by atoms with Crippen LogP contribution in [-0.2, 0) is 6.42 Å². The molecule has 4 heteroatoms. The van der Waals surface area contributed by atoms with E-state index in [0.717, 1.165) is 24.4 Å². The van der Waals surface area contributed by atoms with E-state index < -0.39 is 0 Å². The number of hydrogen-bond acceptors (Lipinski definition) is 2. The molecule has 0 N–H and O–H groups in total. The molecule has 2 rings (SSSR count). The number of nitrogens with zero attached hydrogens (tertiary/aromatic N) is 3. The topological polar surface area (TPSA) is 30.7 Å². The van der Waals surface area contributed by atoms with Gasteiger partial charge in [-0.25, -0.2) is 9.67 Å². The summed E-state index contributed by atoms with van der Waals surface area (Å²) in [6.07, 6.45) is 1.91. The number of aromatic nitrogens is 3. The van der Waals surface area contributed by atoms with Crippen molar-refractivity contribution in [2.75, 3.05) is 0 Å². The fraction of sp³-hybridized carbons (Fsp3) is 0.273. The quantitative estimate of drug-likeness (QED) is 0.798. The molecule has 1 aromatic carbocycles. The first kappa shape index (κ1) is 10.2. The van der Waals surface area contributed by atoms with Crippen LogP contribution < -0.4 is 0 Å². The number of hydrogen-bond donors (Lipinski definition) is 0. The van der Waals surface area contributed by atoms with Crippen LogP contribution in [-0.4, -0.2) is 14.8 Å². The molecular formula is C11H12ClN3. The Morgan fingerprint density at radius 1 is 1.27 bits per heavy atom. The van der Waals surface area contributed by atoms with Crippen LogP contribution in [0.5, 0.6) is 0 Å². The Labute approximate surface area is 93.7 Å². The van der Waals surface area contributed by atoms with Gasteiger partial charge in [-0.05, 0) is 30.2 Å². The molecule has 0 atom stereocenters. The van der Waals surface area contributed by atoms with Crippen LogP contribution in [0.1, 0.15) is 19.2 Å². The fourth-order valence-electron chi connectivity index (χ4n) is 1.48. The van der Waals surface area contributed by atoms with Crippen LogP contribution in [0, 0.1) is 0 Å². The molecule has 1 heterocycles. The lowest BCUT2D eigenvalue weighted by molar-refractivity contribution is 0.759. The minimum absolute atomic E-state index is 0.308. The molecule has 1 aromatic heterocycles. The first-order chi connectivity index (χ1) is 7.31. The van der Waals surface area contributed by atoms with Crippen molar-refractivity contribution < 1.29 is 0 Å². The summed E-state index contributed by atoms with van der Waals surface area (Å²) in [5.74, 6) is 0.911. The van der Waals surface area contributed by atoms with Gasteiger partial charge in [0.2, 0.25) is 5.28 Å². The average Bonchev–Trinajstić information content (AvgIpc) is 2.62. The normalized spacial score (nSPS) is 10.5. The predicted molar refractivity (Wildman–Crippen MR) is 60.4 cm³/mol. The molecular weight excluding hydrogens is 210 g/mol. The van der Waals surface area contributed by atoms with E-state index in [-0.39, 0.29) is 0 Å². The van der Waals surface area contributed by atoms with Crippen LogP contribution in [0.15, 0.2) is 30.3 Å². The van der Waals surface area contributed by atoms with Gasteiger partial charge in [-0.1, -0.05) is 25.1 Å². The molecule has 0 saturated heterocycles. The Morgan fingerprint density at radius 2 is 2.00 bits per heavy atom. The zero-order chi connectivity index (χ0) is 10.7. The second-order valence-electron chi connectivity index (χ2n) is 3.29. The molecule has 0 radical (unpaired) electrons. The van der Waals surface area contributed by atoms with Crippen molar-refractivity contribution in [1.29, 1.82) is 0 Å². The van der Waals surface area contributed by atoms with Gasteiger partial charge in [0.15, 0.2) is 0 Å². The zero-order valence-corrected chi connectivity index (χ0v) is 9.28. The minimum Gasteiger partial charge on any atom is -0.216 e. The predicted octanol–water partition coefficient (Wildman–Crippen LogP) is 2.87. The summed E-state index contributed by atoms with van der Waals surface area (Å²) >= 11 is 5.81. The SMILES string of the molecule is CCCc1nc(Cl)nn1-c1ccccc1. The second-order valence-corrected chi connectivity index (χ2v) is 3.63. The second kappa shape index (κ2) is 4.45. The molecule has 0 unspecified atom stereocenters. The monoisotopic (exact) mass is 221 g/mol. The third-order valence-electron chi connectivity index (χ3n) is 2.12. The summed E-state index contributed by atoms with van der Waals surface area (Å²) in [6, 6.07) is 9.90. The van der Waals surface area contributed by atoms with Gasteiger partial charge in [0.05, 0.1) is 5.69 Å². The molecule has 0 fully saturated rings. The lowest BCUT2D eigenvalue weighted by Crippen LogP contribution is -2.02. The maximum Gasteiger partial charge on any atom is 0.243 e. The van der Waals surface area contributed by atoms with E-state index in [2.05, 4.69) is 17.0 Å². The third-order valence-corrected chi connectivity index (χ3v) is 2.28. The highest BCUT2D eigenvalue weighted by molar-refractivity contribution is 6.28. The fourth-order valence-corrected chi connectivity index (χ4v) is 1.65. The molecule has 0 aliphatic carbocycles. The number of benzene rings is 1. The summed E-state index contributed by atoms with van der Waals surface area (Å²) in [6.45, 7) is 2.11. The number of halogens is 1. The summed E-state index contributed by atoms with van der Waals surface area (Å²) in [5, 5.41) is 4.48. The molecule has 15 heavy (non-hydrogen) atoms. The van der Waals surface area contributed by atoms with Crippen LogP contribution in [0.3, 0.4) is 0 Å². The summed E-state index contributed by atoms with van der Waals surface area (Å²) < 4.78 is 1.80. The largest absolute Gasteiger partial charge is 0.243 e. The highest BCUT2D eigenvalue weighted by Gasteiger charge is 2.08. The first-order valence-electron chi connectivity index (χ1n) is 4.98. The summed E-state index contributed by atoms with van der Waals surface area (Å²) in [5.41, 5.74) is 1.00. The van der Waals surface area contributed by atoms with Gasteiger partial charge in [0, 0.05) is 6.42 Å². The number of para-hydroxylation sites is 1. The van der Waals surface area contributed by atoms with Crippen molar-refractivity contribution in [1.82, 2.24) is 14.8 Å². The zero-order valence-electron chi connectivity index (χ0n) is 8.52. The molecule has 0 spiro atoms. The van der Waals surface area contributed by atoms with Crippen molar-refractivity contribution in [2.45, 2.75) is 19.8 Å². The van der Waals surface area contributed by atoms with Crippen LogP contribution in [0.4, 0.5) is 0 Å². The van der Waals surface area contributed by atoms with E-state index in [0.29, 0.717) is 5.28 Å². The summed E-state index contributed by atoms with van der Waals surface area (Å²) in [4.78, 5) is 4.19. The van der Waals surface area contributed by atoms with Gasteiger partial charge in [0.1, 0.15) is 5.82 Å². The van der Waals surface area contributed by atoms with Crippen molar-refractivity contribution in [3.05, 3.63) is 41.4 Å². The van der Waals surface area contributed by atoms with E-state index in [1.807, 2.05) is 30.3 Å². The van der Waals surface area contributed by atoms with Crippen molar-refractivity contribution in [3.8, 4) is 5.69 Å². The first-order valence-corrected chi connectivity index (χ1v) is 5.36. The number of rotatable bonds is 3. The number of aryl methyl sites for hydroxylation is 1.